The van der Waals surface area contributed by atoms with Crippen LogP contribution in [0.25, 0.3) is 22.3 Å². The van der Waals surface area contributed by atoms with Gasteiger partial charge in [0.05, 0.1) is 17.1 Å². The van der Waals surface area contributed by atoms with Crippen LogP contribution in [-0.2, 0) is 47.2 Å². The van der Waals surface area contributed by atoms with Crippen molar-refractivity contribution in [3.63, 3.8) is 0 Å². The lowest BCUT2D eigenvalue weighted by Gasteiger charge is -2.19. The Kier molecular flexibility index (Phi) is 17.7. The molecular formula is C45H54F2N14O5S2. The second kappa shape index (κ2) is 22.6. The van der Waals surface area contributed by atoms with E-state index >= 15 is 0 Å². The number of nitrogen functional groups attached to an aromatic ring is 1. The van der Waals surface area contributed by atoms with Gasteiger partial charge in [0, 0.05) is 68.5 Å². The fourth-order valence-electron chi connectivity index (χ4n) is 6.61. The molecule has 0 bridgehead atoms. The number of hydrogen-bond acceptors (Lipinski definition) is 14. The summed E-state index contributed by atoms with van der Waals surface area (Å²) in [5.41, 5.74) is 12.0. The summed E-state index contributed by atoms with van der Waals surface area (Å²) in [5, 5.41) is 33.0. The molecule has 23 heteroatoms. The van der Waals surface area contributed by atoms with Gasteiger partial charge in [-0.2, -0.15) is 29.1 Å². The number of nitrogens with two attached hydrogens (primary N) is 2. The Morgan fingerprint density at radius 1 is 0.721 bits per heavy atom. The smallest absolute Gasteiger partial charge is 0.333 e. The van der Waals surface area contributed by atoms with Crippen molar-refractivity contribution in [2.75, 3.05) is 39.2 Å². The number of halogens is 2. The highest BCUT2D eigenvalue weighted by Crippen LogP contribution is 2.37. The predicted octanol–water partition coefficient (Wildman–Crippen LogP) is 5.78. The number of carbonyl (C=O) groups excluding carboxylic acids is 1. The van der Waals surface area contributed by atoms with Gasteiger partial charge in [-0.15, -0.1) is 0 Å². The van der Waals surface area contributed by atoms with Gasteiger partial charge >= 0.3 is 6.03 Å². The zero-order valence-corrected chi connectivity index (χ0v) is 40.9. The summed E-state index contributed by atoms with van der Waals surface area (Å²) >= 11 is 0. The largest absolute Gasteiger partial charge is 0.398 e. The molecule has 6 rings (SSSR count). The van der Waals surface area contributed by atoms with Gasteiger partial charge in [0.25, 0.3) is 20.0 Å². The van der Waals surface area contributed by atoms with Crippen molar-refractivity contribution < 1.29 is 30.4 Å². The predicted molar refractivity (Wildman–Crippen MR) is 253 cm³/mol. The highest BCUT2D eigenvalue weighted by molar-refractivity contribution is 7.90. The van der Waals surface area contributed by atoms with E-state index in [1.165, 1.54) is 64.2 Å². The Bertz CT molecular complexity index is 3100. The van der Waals surface area contributed by atoms with Crippen molar-refractivity contribution in [3.8, 4) is 34.4 Å². The van der Waals surface area contributed by atoms with Crippen molar-refractivity contribution in [1.82, 2.24) is 44.1 Å². The number of nitrogens with one attached hydrogen (secondary N) is 2. The van der Waals surface area contributed by atoms with Crippen LogP contribution in [0.4, 0.5) is 25.0 Å². The number of benzene rings is 2. The van der Waals surface area contributed by atoms with E-state index in [0.717, 1.165) is 11.3 Å². The maximum absolute atomic E-state index is 14.5. The quantitative estimate of drug-likeness (QED) is 0.106. The van der Waals surface area contributed by atoms with Crippen molar-refractivity contribution in [2.24, 2.45) is 19.2 Å². The van der Waals surface area contributed by atoms with Crippen LogP contribution >= 0.6 is 0 Å². The SMILES string of the molecule is CC(C)c1cc(F)cc(-c2ccnc(C#N)c2)c1N.CC(C)c1cc(F)cc(-c2ccnc(C#N)c2)c1NC(=O)NS(=O)(=O)c1cc(CN(C)C)n(C)n1.CN(C)Cc1cc(S(N)(=O)=O)nn1C. The van der Waals surface area contributed by atoms with E-state index in [-0.39, 0.29) is 50.3 Å². The lowest BCUT2D eigenvalue weighted by Crippen LogP contribution is -2.35. The summed E-state index contributed by atoms with van der Waals surface area (Å²) in [6, 6.07) is 17.4. The number of rotatable bonds is 12. The zero-order valence-electron chi connectivity index (χ0n) is 39.2. The first-order valence-corrected chi connectivity index (χ1v) is 23.6. The van der Waals surface area contributed by atoms with Gasteiger partial charge in [-0.1, -0.05) is 27.7 Å². The summed E-state index contributed by atoms with van der Waals surface area (Å²) in [4.78, 5) is 24.4. The maximum Gasteiger partial charge on any atom is 0.333 e. The van der Waals surface area contributed by atoms with Crippen LogP contribution in [-0.4, -0.2) is 90.4 Å². The fraction of sp³-hybridized carbons (Fsp3) is 0.311. The minimum Gasteiger partial charge on any atom is -0.398 e. The third-order valence-corrected chi connectivity index (χ3v) is 11.8. The molecule has 19 nitrogen and oxygen atoms in total. The molecule has 6 N–H and O–H groups in total. The van der Waals surface area contributed by atoms with Gasteiger partial charge in [-0.3, -0.25) is 9.36 Å². The molecule has 0 saturated heterocycles. The molecule has 0 fully saturated rings. The van der Waals surface area contributed by atoms with Crippen LogP contribution in [0.15, 0.2) is 83.1 Å². The van der Waals surface area contributed by atoms with Crippen LogP contribution in [0, 0.1) is 34.3 Å². The molecule has 0 aliphatic rings. The third kappa shape index (κ3) is 14.2. The van der Waals surface area contributed by atoms with Crippen LogP contribution in [0.5, 0.6) is 0 Å². The number of anilines is 2. The maximum atomic E-state index is 14.5. The summed E-state index contributed by atoms with van der Waals surface area (Å²) in [5.74, 6) is -0.951. The molecule has 68 heavy (non-hydrogen) atoms. The number of pyridine rings is 2. The molecular weight excluding hydrogens is 919 g/mol. The zero-order chi connectivity index (χ0) is 50.8. The molecule has 0 atom stereocenters. The molecule has 2 amide bonds. The van der Waals surface area contributed by atoms with E-state index < -0.39 is 31.9 Å². The highest BCUT2D eigenvalue weighted by Gasteiger charge is 2.25. The number of primary sulfonamides is 1. The van der Waals surface area contributed by atoms with Crippen molar-refractivity contribution >= 4 is 37.5 Å². The van der Waals surface area contributed by atoms with Crippen molar-refractivity contribution in [3.05, 3.63) is 119 Å². The first-order chi connectivity index (χ1) is 31.7. The monoisotopic (exact) mass is 972 g/mol. The Hall–Kier alpha value is -7.15. The second-order valence-corrected chi connectivity index (χ2v) is 19.7. The second-order valence-electron chi connectivity index (χ2n) is 16.5. The molecule has 0 saturated carbocycles. The normalized spacial score (nSPS) is 11.4. The van der Waals surface area contributed by atoms with Crippen LogP contribution in [0.1, 0.15) is 73.4 Å². The van der Waals surface area contributed by atoms with E-state index in [2.05, 4.69) is 25.5 Å². The number of nitrogens with zero attached hydrogens (tertiary/aromatic N) is 10. The lowest BCUT2D eigenvalue weighted by molar-refractivity contribution is 0.256. The number of hydrogen-bond donors (Lipinski definition) is 4. The minimum atomic E-state index is -4.29. The summed E-state index contributed by atoms with van der Waals surface area (Å²) in [6.45, 7) is 8.62. The number of sulfonamides is 2. The average Bonchev–Trinajstić information content (AvgIpc) is 3.82. The third-order valence-electron chi connectivity index (χ3n) is 9.82. The van der Waals surface area contributed by atoms with Gasteiger partial charge in [0.15, 0.2) is 10.1 Å². The van der Waals surface area contributed by atoms with Gasteiger partial charge in [-0.25, -0.2) is 41.8 Å². The highest BCUT2D eigenvalue weighted by atomic mass is 32.2. The molecule has 360 valence electrons. The molecule has 0 aliphatic heterocycles. The van der Waals surface area contributed by atoms with E-state index in [1.54, 1.807) is 32.3 Å². The number of urea groups is 1. The summed E-state index contributed by atoms with van der Waals surface area (Å²) in [7, 11) is 2.78. The van der Waals surface area contributed by atoms with Gasteiger partial charge in [-0.05, 0) is 111 Å². The van der Waals surface area contributed by atoms with Crippen LogP contribution in [0.2, 0.25) is 0 Å². The van der Waals surface area contributed by atoms with E-state index in [4.69, 9.17) is 16.1 Å². The molecule has 2 aromatic carbocycles. The number of aryl methyl sites for hydroxylation is 2. The van der Waals surface area contributed by atoms with E-state index in [1.807, 2.05) is 82.5 Å². The molecule has 0 spiro atoms. The number of nitriles is 2. The average molecular weight is 973 g/mol. The van der Waals surface area contributed by atoms with E-state index in [0.29, 0.717) is 46.7 Å². The van der Waals surface area contributed by atoms with E-state index in [9.17, 15) is 35.7 Å². The molecule has 4 aromatic heterocycles. The number of amides is 2. The lowest BCUT2D eigenvalue weighted by atomic mass is 9.94. The molecule has 0 unspecified atom stereocenters. The Morgan fingerprint density at radius 2 is 1.16 bits per heavy atom. The molecule has 0 aliphatic carbocycles. The van der Waals surface area contributed by atoms with Crippen molar-refractivity contribution in [1.29, 1.82) is 10.5 Å². The first kappa shape index (κ1) is 53.5. The van der Waals surface area contributed by atoms with Crippen molar-refractivity contribution in [2.45, 2.75) is 62.7 Å². The van der Waals surface area contributed by atoms with Crippen LogP contribution < -0.4 is 20.9 Å². The number of carbonyl (C=O) groups is 1. The Labute approximate surface area is 395 Å². The standard InChI is InChI=1S/C23H26FN7O3S.C15H14FN3.C7H14N4O2S/c1-14(2)19-9-16(24)10-20(15-6-7-26-17(8-15)12-25)22(19)27-23(32)29-35(33,34)21-11-18(13-30(3)4)31(5)28-21;1-9(2)13-6-11(16)7-14(15(13)18)10-3-4-19-12(5-10)8-17;1-10(2)5-6-4-7(9-11(6)3)14(8,12)13/h6-11,14H,13H2,1-5H3,(H2,27,29,32);3-7,9H,18H2,1-2H3;4H,5H2,1-3H3,(H2,8,12,13). The number of aromatic nitrogens is 6. The van der Waals surface area contributed by atoms with Crippen LogP contribution in [0.3, 0.4) is 0 Å². The van der Waals surface area contributed by atoms with Gasteiger partial charge in [0.1, 0.15) is 35.2 Å². The first-order valence-electron chi connectivity index (χ1n) is 20.6. The molecule has 4 heterocycles. The Balaban J connectivity index is 0.000000254. The molecule has 0 radical (unpaired) electrons. The summed E-state index contributed by atoms with van der Waals surface area (Å²) < 4.78 is 80.7. The minimum absolute atomic E-state index is 0.0862. The topological polar surface area (TPSA) is 277 Å². The van der Waals surface area contributed by atoms with Gasteiger partial charge in [0.2, 0.25) is 0 Å². The fourth-order valence-corrected chi connectivity index (χ4v) is 8.06. The Morgan fingerprint density at radius 3 is 1.60 bits per heavy atom. The summed E-state index contributed by atoms with van der Waals surface area (Å²) in [6.07, 6.45) is 2.92. The van der Waals surface area contributed by atoms with Gasteiger partial charge < -0.3 is 20.9 Å². The molecule has 6 aromatic rings.